The third-order valence-corrected chi connectivity index (χ3v) is 3.77. The molecular formula is C8H7Cl2FO2S. The van der Waals surface area contributed by atoms with Crippen LogP contribution >= 0.6 is 23.2 Å². The van der Waals surface area contributed by atoms with Gasteiger partial charge in [-0.05, 0) is 18.6 Å². The van der Waals surface area contributed by atoms with Gasteiger partial charge in [0.2, 0.25) is 0 Å². The molecule has 2 nitrogen and oxygen atoms in total. The van der Waals surface area contributed by atoms with Crippen molar-refractivity contribution in [3.63, 3.8) is 0 Å². The van der Waals surface area contributed by atoms with E-state index in [0.717, 1.165) is 0 Å². The van der Waals surface area contributed by atoms with E-state index >= 15 is 0 Å². The molecule has 0 saturated carbocycles. The van der Waals surface area contributed by atoms with E-state index < -0.39 is 15.5 Å². The van der Waals surface area contributed by atoms with Crippen molar-refractivity contribution < 1.29 is 12.3 Å². The second-order valence-corrected chi connectivity index (χ2v) is 5.20. The number of benzene rings is 1. The molecule has 0 fully saturated rings. The molecule has 1 unspecified atom stereocenters. The summed E-state index contributed by atoms with van der Waals surface area (Å²) in [5.41, 5.74) is 0.168. The minimum atomic E-state index is -4.64. The molecule has 14 heavy (non-hydrogen) atoms. The lowest BCUT2D eigenvalue weighted by Crippen LogP contribution is -2.04. The van der Waals surface area contributed by atoms with E-state index in [1.54, 1.807) is 0 Å². The Labute approximate surface area is 91.9 Å². The maximum absolute atomic E-state index is 12.7. The molecule has 0 aromatic heterocycles. The van der Waals surface area contributed by atoms with Crippen LogP contribution in [-0.2, 0) is 10.2 Å². The Morgan fingerprint density at radius 2 is 1.93 bits per heavy atom. The zero-order chi connectivity index (χ0) is 10.9. The zero-order valence-corrected chi connectivity index (χ0v) is 9.50. The Morgan fingerprint density at radius 1 is 1.36 bits per heavy atom. The molecule has 0 aliphatic heterocycles. The Balaban J connectivity index is 3.28. The molecule has 0 radical (unpaired) electrons. The van der Waals surface area contributed by atoms with Crippen molar-refractivity contribution in [3.05, 3.63) is 33.8 Å². The molecule has 1 rings (SSSR count). The van der Waals surface area contributed by atoms with Crippen molar-refractivity contribution in [2.45, 2.75) is 12.2 Å². The molecule has 1 aromatic rings. The lowest BCUT2D eigenvalue weighted by molar-refractivity contribution is 0.540. The number of rotatable bonds is 2. The largest absolute Gasteiger partial charge is 0.309 e. The molecule has 78 valence electrons. The summed E-state index contributed by atoms with van der Waals surface area (Å²) in [6, 6.07) is 4.45. The lowest BCUT2D eigenvalue weighted by atomic mass is 10.2. The summed E-state index contributed by atoms with van der Waals surface area (Å²) in [6.45, 7) is 1.22. The van der Waals surface area contributed by atoms with Gasteiger partial charge >= 0.3 is 10.2 Å². The molecule has 6 heteroatoms. The van der Waals surface area contributed by atoms with Crippen LogP contribution in [0, 0.1) is 0 Å². The van der Waals surface area contributed by atoms with Gasteiger partial charge in [-0.1, -0.05) is 35.3 Å². The van der Waals surface area contributed by atoms with Crippen molar-refractivity contribution in [3.8, 4) is 0 Å². The molecule has 0 saturated heterocycles. The minimum absolute atomic E-state index is 0.0721. The van der Waals surface area contributed by atoms with E-state index in [9.17, 15) is 12.3 Å². The van der Waals surface area contributed by atoms with Crippen LogP contribution in [0.1, 0.15) is 17.7 Å². The zero-order valence-electron chi connectivity index (χ0n) is 7.17. The van der Waals surface area contributed by atoms with E-state index in [0.29, 0.717) is 0 Å². The maximum atomic E-state index is 12.7. The fraction of sp³-hybridized carbons (Fsp3) is 0.250. The maximum Gasteiger partial charge on any atom is 0.309 e. The van der Waals surface area contributed by atoms with Crippen LogP contribution in [0.15, 0.2) is 18.2 Å². The Morgan fingerprint density at radius 3 is 2.43 bits per heavy atom. The second kappa shape index (κ2) is 4.04. The van der Waals surface area contributed by atoms with Gasteiger partial charge in [0.1, 0.15) is 5.25 Å². The molecule has 0 heterocycles. The summed E-state index contributed by atoms with van der Waals surface area (Å²) in [6.07, 6.45) is 0. The van der Waals surface area contributed by atoms with E-state index in [2.05, 4.69) is 0 Å². The average Bonchev–Trinajstić information content (AvgIpc) is 2.07. The topological polar surface area (TPSA) is 34.1 Å². The Kier molecular flexibility index (Phi) is 3.40. The van der Waals surface area contributed by atoms with Gasteiger partial charge in [-0.3, -0.25) is 0 Å². The Hall–Kier alpha value is -0.320. The van der Waals surface area contributed by atoms with Crippen molar-refractivity contribution in [1.82, 2.24) is 0 Å². The first kappa shape index (κ1) is 11.8. The highest BCUT2D eigenvalue weighted by atomic mass is 35.5. The minimum Gasteiger partial charge on any atom is -0.194 e. The van der Waals surface area contributed by atoms with Gasteiger partial charge in [-0.2, -0.15) is 8.42 Å². The first-order chi connectivity index (χ1) is 6.34. The van der Waals surface area contributed by atoms with Gasteiger partial charge in [-0.25, -0.2) is 0 Å². The van der Waals surface area contributed by atoms with Crippen molar-refractivity contribution >= 4 is 33.4 Å². The van der Waals surface area contributed by atoms with Crippen LogP contribution in [0.5, 0.6) is 0 Å². The quantitative estimate of drug-likeness (QED) is 0.761. The summed E-state index contributed by atoms with van der Waals surface area (Å²) in [7, 11) is -4.64. The molecule has 0 spiro atoms. The molecule has 0 amide bonds. The van der Waals surface area contributed by atoms with Gasteiger partial charge < -0.3 is 0 Å². The van der Waals surface area contributed by atoms with Crippen molar-refractivity contribution in [1.29, 1.82) is 0 Å². The fourth-order valence-electron chi connectivity index (χ4n) is 0.986. The van der Waals surface area contributed by atoms with Crippen LogP contribution in [0.2, 0.25) is 10.0 Å². The molecule has 0 aliphatic rings. The first-order valence-corrected chi connectivity index (χ1v) is 5.91. The van der Waals surface area contributed by atoms with Crippen LogP contribution in [0.3, 0.4) is 0 Å². The highest BCUT2D eigenvalue weighted by molar-refractivity contribution is 7.86. The highest BCUT2D eigenvalue weighted by Gasteiger charge is 2.24. The summed E-state index contributed by atoms with van der Waals surface area (Å²) in [5.74, 6) is 0. The smallest absolute Gasteiger partial charge is 0.194 e. The van der Waals surface area contributed by atoms with Crippen LogP contribution in [0.4, 0.5) is 3.89 Å². The van der Waals surface area contributed by atoms with Crippen LogP contribution in [-0.4, -0.2) is 8.42 Å². The lowest BCUT2D eigenvalue weighted by Gasteiger charge is -2.09. The Bertz CT molecular complexity index is 445. The van der Waals surface area contributed by atoms with Crippen LogP contribution < -0.4 is 0 Å². The summed E-state index contributed by atoms with van der Waals surface area (Å²) in [4.78, 5) is 0. The average molecular weight is 257 g/mol. The predicted octanol–water partition coefficient (Wildman–Crippen LogP) is 3.35. The van der Waals surface area contributed by atoms with Gasteiger partial charge in [-0.15, -0.1) is 3.89 Å². The third kappa shape index (κ3) is 2.38. The first-order valence-electron chi connectivity index (χ1n) is 3.71. The summed E-state index contributed by atoms with van der Waals surface area (Å²) in [5, 5.41) is -1.02. The van der Waals surface area contributed by atoms with Crippen molar-refractivity contribution in [2.75, 3.05) is 0 Å². The van der Waals surface area contributed by atoms with E-state index in [-0.39, 0.29) is 15.6 Å². The third-order valence-electron chi connectivity index (χ3n) is 1.84. The standard InChI is InChI=1S/C8H7Cl2FO2S/c1-5(14(11,12)13)6-3-2-4-7(9)8(6)10/h2-5H,1H3. The van der Waals surface area contributed by atoms with Gasteiger partial charge in [0, 0.05) is 0 Å². The molecule has 0 bridgehead atoms. The van der Waals surface area contributed by atoms with Gasteiger partial charge in [0.05, 0.1) is 10.0 Å². The fourth-order valence-corrected chi connectivity index (χ4v) is 2.02. The van der Waals surface area contributed by atoms with Crippen molar-refractivity contribution in [2.24, 2.45) is 0 Å². The SMILES string of the molecule is CC(c1cccc(Cl)c1Cl)S(=O)(=O)F. The molecular weight excluding hydrogens is 250 g/mol. The monoisotopic (exact) mass is 256 g/mol. The summed E-state index contributed by atoms with van der Waals surface area (Å²) >= 11 is 11.4. The molecule has 1 aromatic carbocycles. The van der Waals surface area contributed by atoms with E-state index in [1.165, 1.54) is 25.1 Å². The van der Waals surface area contributed by atoms with Gasteiger partial charge in [0.25, 0.3) is 0 Å². The number of hydrogen-bond donors (Lipinski definition) is 0. The van der Waals surface area contributed by atoms with E-state index in [1.807, 2.05) is 0 Å². The predicted molar refractivity (Wildman–Crippen MR) is 54.9 cm³/mol. The normalized spacial score (nSPS) is 14.0. The van der Waals surface area contributed by atoms with Crippen LogP contribution in [0.25, 0.3) is 0 Å². The molecule has 1 atom stereocenters. The van der Waals surface area contributed by atoms with E-state index in [4.69, 9.17) is 23.2 Å². The molecule has 0 aliphatic carbocycles. The highest BCUT2D eigenvalue weighted by Crippen LogP contribution is 2.33. The van der Waals surface area contributed by atoms with Gasteiger partial charge in [0.15, 0.2) is 0 Å². The number of halogens is 3. The summed E-state index contributed by atoms with van der Waals surface area (Å²) < 4.78 is 33.9. The number of hydrogen-bond acceptors (Lipinski definition) is 2. The second-order valence-electron chi connectivity index (χ2n) is 2.76. The molecule has 0 N–H and O–H groups in total.